The highest BCUT2D eigenvalue weighted by Crippen LogP contribution is 2.41. The Balaban J connectivity index is 1.86. The van der Waals surface area contributed by atoms with Crippen molar-refractivity contribution in [2.75, 3.05) is 4.90 Å². The number of hydrogen-bond acceptors (Lipinski definition) is 5. The van der Waals surface area contributed by atoms with Crippen LogP contribution in [0.2, 0.25) is 0 Å². The second-order valence-electron chi connectivity index (χ2n) is 9.82. The van der Waals surface area contributed by atoms with Crippen molar-refractivity contribution in [2.24, 2.45) is 5.92 Å². The highest BCUT2D eigenvalue weighted by molar-refractivity contribution is 6.51. The Morgan fingerprint density at radius 3 is 2.11 bits per heavy atom. The third-order valence-corrected chi connectivity index (χ3v) is 6.27. The van der Waals surface area contributed by atoms with E-state index >= 15 is 0 Å². The zero-order chi connectivity index (χ0) is 25.3. The molecule has 1 atom stereocenters. The topological polar surface area (TPSA) is 83.4 Å². The van der Waals surface area contributed by atoms with E-state index in [-0.39, 0.29) is 17.2 Å². The summed E-state index contributed by atoms with van der Waals surface area (Å²) in [6.45, 7) is 10.3. The van der Waals surface area contributed by atoms with Crippen molar-refractivity contribution in [3.8, 4) is 0 Å². The van der Waals surface area contributed by atoms with Crippen LogP contribution in [0, 0.1) is 12.8 Å². The first-order valence-corrected chi connectivity index (χ1v) is 12.0. The molecule has 180 valence electrons. The van der Waals surface area contributed by atoms with Gasteiger partial charge in [-0.2, -0.15) is 5.10 Å². The molecule has 35 heavy (non-hydrogen) atoms. The molecule has 1 aromatic heterocycles. The monoisotopic (exact) mass is 469 g/mol. The third kappa shape index (κ3) is 4.87. The number of hydrogen-bond donors (Lipinski definition) is 1. The molecule has 3 aromatic rings. The van der Waals surface area contributed by atoms with Crippen molar-refractivity contribution in [3.05, 3.63) is 94.2 Å². The maximum atomic E-state index is 13.3. The summed E-state index contributed by atoms with van der Waals surface area (Å²) in [5, 5.41) is 19.5. The summed E-state index contributed by atoms with van der Waals surface area (Å²) in [5.41, 5.74) is 4.24. The summed E-state index contributed by atoms with van der Waals surface area (Å²) in [6.07, 6.45) is 0.923. The van der Waals surface area contributed by atoms with Gasteiger partial charge in [0.2, 0.25) is 0 Å². The Kier molecular flexibility index (Phi) is 6.83. The Hall–Kier alpha value is -3.80. The molecule has 4 rings (SSSR count). The van der Waals surface area contributed by atoms with Gasteiger partial charge in [-0.1, -0.05) is 76.2 Å². The first kappa shape index (κ1) is 24.3. The van der Waals surface area contributed by atoms with Gasteiger partial charge in [0.15, 0.2) is 5.82 Å². The first-order chi connectivity index (χ1) is 16.7. The molecule has 2 heterocycles. The highest BCUT2D eigenvalue weighted by Gasteiger charge is 2.47. The van der Waals surface area contributed by atoms with Gasteiger partial charge in [-0.3, -0.25) is 14.5 Å². The number of aromatic nitrogens is 2. The van der Waals surface area contributed by atoms with Crippen LogP contribution < -0.4 is 4.90 Å². The largest absolute Gasteiger partial charge is 0.507 e. The van der Waals surface area contributed by atoms with E-state index in [1.165, 1.54) is 10.5 Å². The lowest BCUT2D eigenvalue weighted by Gasteiger charge is -2.24. The number of aryl methyl sites for hydroxylation is 1. The van der Waals surface area contributed by atoms with Crippen molar-refractivity contribution < 1.29 is 14.7 Å². The van der Waals surface area contributed by atoms with Gasteiger partial charge < -0.3 is 5.11 Å². The van der Waals surface area contributed by atoms with Crippen LogP contribution in [0.5, 0.6) is 0 Å². The van der Waals surface area contributed by atoms with E-state index in [4.69, 9.17) is 0 Å². The molecule has 6 heteroatoms. The maximum absolute atomic E-state index is 13.3. The Morgan fingerprint density at radius 2 is 1.57 bits per heavy atom. The lowest BCUT2D eigenvalue weighted by Crippen LogP contribution is -2.30. The molecule has 0 saturated carbocycles. The Bertz CT molecular complexity index is 1260. The van der Waals surface area contributed by atoms with Gasteiger partial charge in [0.05, 0.1) is 17.3 Å². The van der Waals surface area contributed by atoms with E-state index in [2.05, 4.69) is 37.9 Å². The second-order valence-corrected chi connectivity index (χ2v) is 9.82. The normalized spacial score (nSPS) is 17.6. The number of benzene rings is 2. The average Bonchev–Trinajstić information content (AvgIpc) is 3.10. The van der Waals surface area contributed by atoms with Crippen LogP contribution in [0.15, 0.2) is 66.2 Å². The van der Waals surface area contributed by atoms with Crippen LogP contribution in [0.1, 0.15) is 67.6 Å². The van der Waals surface area contributed by atoms with Crippen LogP contribution in [0.4, 0.5) is 5.82 Å². The van der Waals surface area contributed by atoms with Crippen LogP contribution in [-0.4, -0.2) is 27.0 Å². The van der Waals surface area contributed by atoms with Crippen LogP contribution in [0.25, 0.3) is 5.76 Å². The standard InChI is InChI=1S/C29H31N3O3/c1-17(2)16-20-7-9-22(10-8-20)26-25(27(33)23-13-11-21(12-14-23)18(3)4)28(34)29(35)32(26)24-15-6-19(5)30-31-24/h6-15,17-18,26,33H,16H2,1-5H3. The van der Waals surface area contributed by atoms with Gasteiger partial charge in [0.1, 0.15) is 5.76 Å². The quantitative estimate of drug-likeness (QED) is 0.283. The summed E-state index contributed by atoms with van der Waals surface area (Å²) >= 11 is 0. The Morgan fingerprint density at radius 1 is 0.914 bits per heavy atom. The predicted octanol–water partition coefficient (Wildman–Crippen LogP) is 5.73. The minimum absolute atomic E-state index is 0.0475. The van der Waals surface area contributed by atoms with Gasteiger partial charge >= 0.3 is 5.91 Å². The number of carbonyl (C=O) groups is 2. The van der Waals surface area contributed by atoms with Crippen molar-refractivity contribution >= 4 is 23.3 Å². The van der Waals surface area contributed by atoms with E-state index < -0.39 is 17.7 Å². The SMILES string of the molecule is Cc1ccc(N2C(=O)C(=O)C(=C(O)c3ccc(C(C)C)cc3)C2c2ccc(CC(C)C)cc2)nn1. The van der Waals surface area contributed by atoms with Gasteiger partial charge in [-0.25, -0.2) is 0 Å². The van der Waals surface area contributed by atoms with Gasteiger partial charge in [0.25, 0.3) is 5.78 Å². The molecule has 1 amide bonds. The number of aliphatic hydroxyl groups is 1. The fraction of sp³-hybridized carbons (Fsp3) is 0.310. The summed E-state index contributed by atoms with van der Waals surface area (Å²) in [4.78, 5) is 27.9. The molecule has 1 unspecified atom stereocenters. The molecule has 0 aliphatic carbocycles. The van der Waals surface area contributed by atoms with E-state index in [1.54, 1.807) is 31.2 Å². The third-order valence-electron chi connectivity index (χ3n) is 6.27. The summed E-state index contributed by atoms with van der Waals surface area (Å²) in [7, 11) is 0. The van der Waals surface area contributed by atoms with E-state index in [0.29, 0.717) is 23.1 Å². The second kappa shape index (κ2) is 9.82. The molecule has 1 aliphatic heterocycles. The zero-order valence-electron chi connectivity index (χ0n) is 20.8. The molecule has 0 radical (unpaired) electrons. The molecule has 1 aliphatic rings. The molecule has 0 spiro atoms. The Labute approximate surface area is 206 Å². The minimum Gasteiger partial charge on any atom is -0.507 e. The molecule has 1 saturated heterocycles. The number of anilines is 1. The number of Topliss-reactive ketones (excluding diaryl/α,β-unsaturated/α-hetero) is 1. The summed E-state index contributed by atoms with van der Waals surface area (Å²) < 4.78 is 0. The van der Waals surface area contributed by atoms with Crippen molar-refractivity contribution in [3.63, 3.8) is 0 Å². The molecule has 1 N–H and O–H groups in total. The fourth-order valence-corrected chi connectivity index (χ4v) is 4.39. The zero-order valence-corrected chi connectivity index (χ0v) is 20.8. The van der Waals surface area contributed by atoms with Crippen LogP contribution in [0.3, 0.4) is 0 Å². The smallest absolute Gasteiger partial charge is 0.301 e. The molecule has 0 bridgehead atoms. The van der Waals surface area contributed by atoms with Crippen molar-refractivity contribution in [2.45, 2.75) is 53.0 Å². The number of aliphatic hydroxyl groups excluding tert-OH is 1. The summed E-state index contributed by atoms with van der Waals surface area (Å²) in [5.74, 6) is -0.571. The number of amides is 1. The number of carbonyl (C=O) groups excluding carboxylic acids is 2. The molecule has 1 fully saturated rings. The van der Waals surface area contributed by atoms with Crippen LogP contribution >= 0.6 is 0 Å². The molecule has 6 nitrogen and oxygen atoms in total. The first-order valence-electron chi connectivity index (χ1n) is 12.0. The number of nitrogens with zero attached hydrogens (tertiary/aromatic N) is 3. The average molecular weight is 470 g/mol. The minimum atomic E-state index is -0.815. The van der Waals surface area contributed by atoms with Crippen molar-refractivity contribution in [1.82, 2.24) is 10.2 Å². The lowest BCUT2D eigenvalue weighted by atomic mass is 9.93. The maximum Gasteiger partial charge on any atom is 0.301 e. The van der Waals surface area contributed by atoms with E-state index in [0.717, 1.165) is 17.5 Å². The summed E-state index contributed by atoms with van der Waals surface area (Å²) in [6, 6.07) is 17.9. The van der Waals surface area contributed by atoms with Gasteiger partial charge in [0, 0.05) is 5.56 Å². The van der Waals surface area contributed by atoms with Gasteiger partial charge in [-0.05, 0) is 54.0 Å². The molecular formula is C29H31N3O3. The fourth-order valence-electron chi connectivity index (χ4n) is 4.39. The molecular weight excluding hydrogens is 438 g/mol. The van der Waals surface area contributed by atoms with Crippen molar-refractivity contribution in [1.29, 1.82) is 0 Å². The van der Waals surface area contributed by atoms with E-state index in [9.17, 15) is 14.7 Å². The van der Waals surface area contributed by atoms with E-state index in [1.807, 2.05) is 36.4 Å². The van der Waals surface area contributed by atoms with Crippen LogP contribution in [-0.2, 0) is 16.0 Å². The number of ketones is 1. The van der Waals surface area contributed by atoms with Gasteiger partial charge in [-0.15, -0.1) is 5.10 Å². The predicted molar refractivity (Wildman–Crippen MR) is 137 cm³/mol. The molecule has 2 aromatic carbocycles. The number of rotatable bonds is 6. The lowest BCUT2D eigenvalue weighted by molar-refractivity contribution is -0.132. The highest BCUT2D eigenvalue weighted by atomic mass is 16.3.